The molecular formula is C19H22N6OS2. The fourth-order valence-electron chi connectivity index (χ4n) is 3.18. The van der Waals surface area contributed by atoms with Gasteiger partial charge in [-0.1, -0.05) is 17.8 Å². The summed E-state index contributed by atoms with van der Waals surface area (Å²) in [5, 5.41) is 13.6. The molecule has 0 atom stereocenters. The van der Waals surface area contributed by atoms with Crippen LogP contribution in [0.3, 0.4) is 0 Å². The molecule has 0 bridgehead atoms. The largest absolute Gasteiger partial charge is 0.372 e. The number of thiophene rings is 1. The van der Waals surface area contributed by atoms with Crippen molar-refractivity contribution < 1.29 is 4.79 Å². The molecule has 1 amide bonds. The van der Waals surface area contributed by atoms with Crippen LogP contribution >= 0.6 is 23.1 Å². The number of aromatic nitrogens is 3. The van der Waals surface area contributed by atoms with E-state index in [1.165, 1.54) is 41.4 Å². The Labute approximate surface area is 171 Å². The Hall–Kier alpha value is -2.52. The van der Waals surface area contributed by atoms with Crippen molar-refractivity contribution in [3.8, 4) is 10.7 Å². The van der Waals surface area contributed by atoms with Gasteiger partial charge in [0.05, 0.1) is 10.6 Å². The molecule has 2 aromatic heterocycles. The quantitative estimate of drug-likeness (QED) is 0.474. The highest BCUT2D eigenvalue weighted by molar-refractivity contribution is 7.99. The fourth-order valence-corrected chi connectivity index (χ4v) is 4.55. The first-order chi connectivity index (χ1) is 13.7. The second-order valence-electron chi connectivity index (χ2n) is 6.58. The summed E-state index contributed by atoms with van der Waals surface area (Å²) in [6, 6.07) is 11.9. The summed E-state index contributed by atoms with van der Waals surface area (Å²) in [6.07, 6.45) is 3.80. The number of amides is 1. The molecule has 7 nitrogen and oxygen atoms in total. The maximum atomic E-state index is 12.3. The lowest BCUT2D eigenvalue weighted by Crippen LogP contribution is -2.29. The Kier molecular flexibility index (Phi) is 5.82. The van der Waals surface area contributed by atoms with E-state index in [1.807, 2.05) is 29.6 Å². The Morgan fingerprint density at radius 3 is 2.64 bits per heavy atom. The van der Waals surface area contributed by atoms with Gasteiger partial charge >= 0.3 is 0 Å². The average Bonchev–Trinajstić information content (AvgIpc) is 3.37. The van der Waals surface area contributed by atoms with Gasteiger partial charge in [0, 0.05) is 24.5 Å². The SMILES string of the molecule is Nn1c(SCC(=O)Nc2ccc(N3CCCCC3)cc2)nnc1-c1cccs1. The molecule has 1 saturated heterocycles. The van der Waals surface area contributed by atoms with Crippen molar-refractivity contribution in [1.82, 2.24) is 14.9 Å². The predicted octanol–water partition coefficient (Wildman–Crippen LogP) is 3.44. The van der Waals surface area contributed by atoms with E-state index in [1.54, 1.807) is 11.3 Å². The number of nitrogens with zero attached hydrogens (tertiary/aromatic N) is 4. The van der Waals surface area contributed by atoms with E-state index in [2.05, 4.69) is 32.5 Å². The molecule has 9 heteroatoms. The van der Waals surface area contributed by atoms with Crippen molar-refractivity contribution in [1.29, 1.82) is 0 Å². The summed E-state index contributed by atoms with van der Waals surface area (Å²) in [5.74, 6) is 6.78. The molecule has 0 saturated carbocycles. The highest BCUT2D eigenvalue weighted by Crippen LogP contribution is 2.25. The van der Waals surface area contributed by atoms with Crippen molar-refractivity contribution in [3.63, 3.8) is 0 Å². The van der Waals surface area contributed by atoms with Crippen LogP contribution in [-0.4, -0.2) is 39.6 Å². The minimum atomic E-state index is -0.101. The zero-order valence-electron chi connectivity index (χ0n) is 15.4. The van der Waals surface area contributed by atoms with Gasteiger partial charge in [0.15, 0.2) is 5.82 Å². The standard InChI is InChI=1S/C19H22N6OS2/c20-25-18(16-5-4-12-27-16)22-23-19(25)28-13-17(26)21-14-6-8-15(9-7-14)24-10-2-1-3-11-24/h4-9,12H,1-3,10-11,13,20H2,(H,21,26). The number of nitrogens with two attached hydrogens (primary N) is 1. The van der Waals surface area contributed by atoms with Crippen molar-refractivity contribution in [3.05, 3.63) is 41.8 Å². The van der Waals surface area contributed by atoms with E-state index in [0.29, 0.717) is 11.0 Å². The molecule has 28 heavy (non-hydrogen) atoms. The molecule has 1 aromatic carbocycles. The molecule has 3 aromatic rings. The number of anilines is 2. The van der Waals surface area contributed by atoms with Crippen LogP contribution < -0.4 is 16.1 Å². The lowest BCUT2D eigenvalue weighted by Gasteiger charge is -2.28. The summed E-state index contributed by atoms with van der Waals surface area (Å²) in [6.45, 7) is 2.21. The lowest BCUT2D eigenvalue weighted by atomic mass is 10.1. The van der Waals surface area contributed by atoms with Crippen LogP contribution in [0.1, 0.15) is 19.3 Å². The second-order valence-corrected chi connectivity index (χ2v) is 8.48. The first-order valence-electron chi connectivity index (χ1n) is 9.23. The van der Waals surface area contributed by atoms with Gasteiger partial charge in [-0.05, 0) is 55.0 Å². The maximum absolute atomic E-state index is 12.3. The van der Waals surface area contributed by atoms with Crippen LogP contribution in [0.5, 0.6) is 0 Å². The normalized spacial score (nSPS) is 14.2. The fraction of sp³-hybridized carbons (Fsp3) is 0.316. The van der Waals surface area contributed by atoms with E-state index < -0.39 is 0 Å². The number of thioether (sulfide) groups is 1. The maximum Gasteiger partial charge on any atom is 0.234 e. The zero-order chi connectivity index (χ0) is 19.3. The van der Waals surface area contributed by atoms with Crippen LogP contribution in [0.25, 0.3) is 10.7 Å². The highest BCUT2D eigenvalue weighted by atomic mass is 32.2. The molecule has 3 N–H and O–H groups in total. The van der Waals surface area contributed by atoms with Crippen LogP contribution in [0.4, 0.5) is 11.4 Å². The number of rotatable bonds is 6. The second kappa shape index (κ2) is 8.66. The van der Waals surface area contributed by atoms with E-state index >= 15 is 0 Å². The van der Waals surface area contributed by atoms with Crippen LogP contribution in [0.15, 0.2) is 46.9 Å². The van der Waals surface area contributed by atoms with Crippen LogP contribution in [0.2, 0.25) is 0 Å². The summed E-state index contributed by atoms with van der Waals surface area (Å²) in [7, 11) is 0. The summed E-state index contributed by atoms with van der Waals surface area (Å²) in [5.41, 5.74) is 2.00. The molecule has 3 heterocycles. The molecular weight excluding hydrogens is 392 g/mol. The first-order valence-corrected chi connectivity index (χ1v) is 11.1. The van der Waals surface area contributed by atoms with Gasteiger partial charge in [-0.15, -0.1) is 21.5 Å². The van der Waals surface area contributed by atoms with Gasteiger partial charge in [0.1, 0.15) is 0 Å². The number of hydrogen-bond donors (Lipinski definition) is 2. The summed E-state index contributed by atoms with van der Waals surface area (Å²) < 4.78 is 1.43. The molecule has 4 rings (SSSR count). The van der Waals surface area contributed by atoms with E-state index in [4.69, 9.17) is 5.84 Å². The number of hydrogen-bond acceptors (Lipinski definition) is 7. The molecule has 0 radical (unpaired) electrons. The Balaban J connectivity index is 1.31. The van der Waals surface area contributed by atoms with E-state index in [-0.39, 0.29) is 11.7 Å². The lowest BCUT2D eigenvalue weighted by molar-refractivity contribution is -0.113. The van der Waals surface area contributed by atoms with Crippen molar-refractivity contribution in [2.45, 2.75) is 24.4 Å². The molecule has 1 fully saturated rings. The van der Waals surface area contributed by atoms with Gasteiger partial charge in [0.2, 0.25) is 11.1 Å². The van der Waals surface area contributed by atoms with Crippen LogP contribution in [0, 0.1) is 0 Å². The minimum absolute atomic E-state index is 0.101. The third-order valence-electron chi connectivity index (χ3n) is 4.61. The van der Waals surface area contributed by atoms with Crippen molar-refractivity contribution in [2.24, 2.45) is 0 Å². The van der Waals surface area contributed by atoms with Crippen LogP contribution in [-0.2, 0) is 4.79 Å². The third-order valence-corrected chi connectivity index (χ3v) is 6.42. The zero-order valence-corrected chi connectivity index (χ0v) is 17.0. The molecule has 146 valence electrons. The summed E-state index contributed by atoms with van der Waals surface area (Å²) >= 11 is 2.81. The monoisotopic (exact) mass is 414 g/mol. The topological polar surface area (TPSA) is 89.1 Å². The van der Waals surface area contributed by atoms with Gasteiger partial charge in [-0.2, -0.15) is 0 Å². The van der Waals surface area contributed by atoms with Gasteiger partial charge in [-0.3, -0.25) is 4.79 Å². The Bertz CT molecular complexity index is 917. The number of nitrogens with one attached hydrogen (secondary N) is 1. The van der Waals surface area contributed by atoms with Gasteiger partial charge in [0.25, 0.3) is 0 Å². The minimum Gasteiger partial charge on any atom is -0.372 e. The number of benzene rings is 1. The molecule has 0 aliphatic carbocycles. The molecule has 0 spiro atoms. The number of carbonyl (C=O) groups excluding carboxylic acids is 1. The number of nitrogen functional groups attached to an aromatic ring is 1. The molecule has 1 aliphatic rings. The molecule has 0 unspecified atom stereocenters. The van der Waals surface area contributed by atoms with E-state index in [9.17, 15) is 4.79 Å². The van der Waals surface area contributed by atoms with Gasteiger partial charge < -0.3 is 16.1 Å². The highest BCUT2D eigenvalue weighted by Gasteiger charge is 2.15. The number of piperidine rings is 1. The van der Waals surface area contributed by atoms with Crippen molar-refractivity contribution >= 4 is 40.4 Å². The third kappa shape index (κ3) is 4.31. The summed E-state index contributed by atoms with van der Waals surface area (Å²) in [4.78, 5) is 15.6. The Morgan fingerprint density at radius 1 is 1.14 bits per heavy atom. The Morgan fingerprint density at radius 2 is 1.93 bits per heavy atom. The average molecular weight is 415 g/mol. The number of carbonyl (C=O) groups is 1. The van der Waals surface area contributed by atoms with E-state index in [0.717, 1.165) is 23.7 Å². The van der Waals surface area contributed by atoms with Crippen molar-refractivity contribution in [2.75, 3.05) is 34.9 Å². The predicted molar refractivity (Wildman–Crippen MR) is 115 cm³/mol. The smallest absolute Gasteiger partial charge is 0.234 e. The molecule has 1 aliphatic heterocycles. The van der Waals surface area contributed by atoms with Gasteiger partial charge in [-0.25, -0.2) is 4.68 Å². The first kappa shape index (κ1) is 18.8.